The van der Waals surface area contributed by atoms with Crippen molar-refractivity contribution in [3.63, 3.8) is 0 Å². The molecular weight excluding hydrogens is 442 g/mol. The number of rotatable bonds is 7. The van der Waals surface area contributed by atoms with E-state index in [2.05, 4.69) is 6.58 Å². The van der Waals surface area contributed by atoms with Gasteiger partial charge < -0.3 is 9.47 Å². The van der Waals surface area contributed by atoms with Gasteiger partial charge in [-0.3, -0.25) is 14.5 Å². The monoisotopic (exact) mass is 465 g/mol. The molecule has 5 rings (SSSR count). The van der Waals surface area contributed by atoms with Crippen LogP contribution >= 0.6 is 0 Å². The smallest absolute Gasteiger partial charge is 0.326 e. The Morgan fingerprint density at radius 1 is 0.943 bits per heavy atom. The van der Waals surface area contributed by atoms with Crippen molar-refractivity contribution in [2.24, 2.45) is 0 Å². The minimum absolute atomic E-state index is 0.00842. The van der Waals surface area contributed by atoms with E-state index >= 15 is 0 Å². The first kappa shape index (κ1) is 22.2. The first-order valence-electron chi connectivity index (χ1n) is 11.1. The molecule has 0 radical (unpaired) electrons. The van der Waals surface area contributed by atoms with E-state index in [0.29, 0.717) is 17.0 Å². The summed E-state index contributed by atoms with van der Waals surface area (Å²) in [5.74, 6) is -0.0421. The van der Waals surface area contributed by atoms with E-state index in [1.807, 2.05) is 72.9 Å². The Labute approximate surface area is 202 Å². The van der Waals surface area contributed by atoms with Crippen LogP contribution in [0.15, 0.2) is 91.6 Å². The van der Waals surface area contributed by atoms with Gasteiger partial charge in [-0.2, -0.15) is 5.10 Å². The number of carbonyl (C=O) groups is 2. The Morgan fingerprint density at radius 2 is 1.63 bits per heavy atom. The second-order valence-electron chi connectivity index (χ2n) is 8.06. The average molecular weight is 466 g/mol. The van der Waals surface area contributed by atoms with Crippen LogP contribution in [0.5, 0.6) is 5.75 Å². The molecule has 1 amide bonds. The first-order chi connectivity index (χ1) is 17.0. The highest BCUT2D eigenvalue weighted by molar-refractivity contribution is 6.10. The molecule has 0 unspecified atom stereocenters. The van der Waals surface area contributed by atoms with Crippen LogP contribution in [0.25, 0.3) is 22.6 Å². The molecule has 174 valence electrons. The minimum atomic E-state index is -0.527. The molecule has 0 aliphatic carbocycles. The van der Waals surface area contributed by atoms with Crippen molar-refractivity contribution in [1.82, 2.24) is 14.7 Å². The summed E-state index contributed by atoms with van der Waals surface area (Å²) in [7, 11) is 1.61. The van der Waals surface area contributed by atoms with Crippen LogP contribution in [0.1, 0.15) is 21.5 Å². The van der Waals surface area contributed by atoms with Crippen LogP contribution < -0.4 is 4.74 Å². The number of hydrogen-bond acceptors (Lipinski definition) is 5. The van der Waals surface area contributed by atoms with Crippen LogP contribution in [0.4, 0.5) is 0 Å². The first-order valence-corrected chi connectivity index (χ1v) is 11.1. The third-order valence-electron chi connectivity index (χ3n) is 5.89. The predicted molar refractivity (Wildman–Crippen MR) is 132 cm³/mol. The molecule has 0 spiro atoms. The van der Waals surface area contributed by atoms with E-state index in [0.717, 1.165) is 28.1 Å². The van der Waals surface area contributed by atoms with Crippen LogP contribution in [0.2, 0.25) is 0 Å². The van der Waals surface area contributed by atoms with Gasteiger partial charge in [0.25, 0.3) is 5.91 Å². The number of aromatic nitrogens is 2. The third-order valence-corrected chi connectivity index (χ3v) is 5.89. The summed E-state index contributed by atoms with van der Waals surface area (Å²) in [5, 5.41) is 4.74. The zero-order chi connectivity index (χ0) is 24.4. The van der Waals surface area contributed by atoms with Crippen molar-refractivity contribution < 1.29 is 19.1 Å². The number of para-hydroxylation sites is 1. The fraction of sp³-hybridized carbons (Fsp3) is 0.107. The lowest BCUT2D eigenvalue weighted by molar-refractivity contribution is -0.145. The van der Waals surface area contributed by atoms with E-state index in [-0.39, 0.29) is 19.1 Å². The molecule has 7 heteroatoms. The lowest BCUT2D eigenvalue weighted by atomic mass is 10.1. The maximum absolute atomic E-state index is 12.7. The number of nitrogens with zero attached hydrogens (tertiary/aromatic N) is 3. The molecule has 1 aromatic heterocycles. The van der Waals surface area contributed by atoms with Crippen molar-refractivity contribution in [1.29, 1.82) is 0 Å². The summed E-state index contributed by atoms with van der Waals surface area (Å²) >= 11 is 0. The minimum Gasteiger partial charge on any atom is -0.497 e. The van der Waals surface area contributed by atoms with Gasteiger partial charge in [0.1, 0.15) is 18.9 Å². The lowest BCUT2D eigenvalue weighted by Crippen LogP contribution is -2.30. The number of amides is 1. The van der Waals surface area contributed by atoms with Gasteiger partial charge in [0.05, 0.1) is 18.5 Å². The third kappa shape index (κ3) is 4.31. The Morgan fingerprint density at radius 3 is 2.31 bits per heavy atom. The highest BCUT2D eigenvalue weighted by Gasteiger charge is 2.32. The van der Waals surface area contributed by atoms with Crippen molar-refractivity contribution >= 4 is 17.6 Å². The Kier molecular flexibility index (Phi) is 5.89. The zero-order valence-electron chi connectivity index (χ0n) is 19.2. The average Bonchev–Trinajstić information content (AvgIpc) is 3.44. The van der Waals surface area contributed by atoms with Gasteiger partial charge in [0.2, 0.25) is 0 Å². The summed E-state index contributed by atoms with van der Waals surface area (Å²) in [6.45, 7) is 3.77. The highest BCUT2D eigenvalue weighted by atomic mass is 16.5. The molecule has 0 fully saturated rings. The van der Waals surface area contributed by atoms with Gasteiger partial charge >= 0.3 is 5.97 Å². The van der Waals surface area contributed by atoms with Gasteiger partial charge in [0.15, 0.2) is 0 Å². The fourth-order valence-corrected chi connectivity index (χ4v) is 4.06. The number of carbonyl (C=O) groups excluding carboxylic acids is 2. The maximum Gasteiger partial charge on any atom is 0.326 e. The number of hydrogen-bond donors (Lipinski definition) is 0. The molecule has 7 nitrogen and oxygen atoms in total. The number of esters is 1. The number of ether oxygens (including phenoxy) is 2. The molecule has 1 aliphatic rings. The fourth-order valence-electron chi connectivity index (χ4n) is 4.06. The standard InChI is InChI=1S/C28H23N3O4/c1-19-24-10-6-7-11-25(24)28(33)30(19)17-26(32)35-18-21-16-31(22-8-4-3-5-9-22)29-27(21)20-12-14-23(34-2)15-13-20/h3-16H,1,17-18H2,2H3. The molecule has 4 aromatic rings. The second kappa shape index (κ2) is 9.30. The van der Waals surface area contributed by atoms with Gasteiger partial charge in [-0.15, -0.1) is 0 Å². The largest absolute Gasteiger partial charge is 0.497 e. The molecule has 0 bridgehead atoms. The van der Waals surface area contributed by atoms with Crippen LogP contribution in [-0.2, 0) is 16.1 Å². The second-order valence-corrected chi connectivity index (χ2v) is 8.06. The van der Waals surface area contributed by atoms with E-state index in [1.165, 1.54) is 4.90 Å². The highest BCUT2D eigenvalue weighted by Crippen LogP contribution is 2.31. The molecule has 0 saturated carbocycles. The summed E-state index contributed by atoms with van der Waals surface area (Å²) < 4.78 is 12.6. The van der Waals surface area contributed by atoms with Crippen LogP contribution in [-0.4, -0.2) is 40.2 Å². The van der Waals surface area contributed by atoms with E-state index in [4.69, 9.17) is 14.6 Å². The number of methoxy groups -OCH3 is 1. The summed E-state index contributed by atoms with van der Waals surface area (Å²) in [6, 6.07) is 24.4. The molecule has 0 N–H and O–H groups in total. The number of fused-ring (bicyclic) bond motifs is 1. The van der Waals surface area contributed by atoms with Crippen LogP contribution in [0.3, 0.4) is 0 Å². The van der Waals surface area contributed by atoms with Gasteiger partial charge in [-0.1, -0.05) is 43.0 Å². The maximum atomic E-state index is 12.7. The Balaban J connectivity index is 1.35. The lowest BCUT2D eigenvalue weighted by Gasteiger charge is -2.16. The molecule has 2 heterocycles. The molecule has 35 heavy (non-hydrogen) atoms. The summed E-state index contributed by atoms with van der Waals surface area (Å²) in [6.07, 6.45) is 1.85. The topological polar surface area (TPSA) is 73.7 Å². The summed E-state index contributed by atoms with van der Waals surface area (Å²) in [5.41, 5.74) is 4.95. The molecule has 0 saturated heterocycles. The number of benzene rings is 3. The molecule has 1 aliphatic heterocycles. The normalized spacial score (nSPS) is 12.5. The van der Waals surface area contributed by atoms with Gasteiger partial charge in [-0.25, -0.2) is 4.68 Å². The van der Waals surface area contributed by atoms with Crippen molar-refractivity contribution in [2.45, 2.75) is 6.61 Å². The van der Waals surface area contributed by atoms with Crippen molar-refractivity contribution in [3.05, 3.63) is 108 Å². The van der Waals surface area contributed by atoms with E-state index in [1.54, 1.807) is 23.9 Å². The Bertz CT molecular complexity index is 1370. The molecule has 3 aromatic carbocycles. The molecular formula is C28H23N3O4. The predicted octanol–water partition coefficient (Wildman–Crippen LogP) is 4.72. The SMILES string of the molecule is C=C1c2ccccc2C(=O)N1CC(=O)OCc1cn(-c2ccccc2)nc1-c1ccc(OC)cc1. The molecule has 0 atom stereocenters. The van der Waals surface area contributed by atoms with Crippen molar-refractivity contribution in [2.75, 3.05) is 13.7 Å². The van der Waals surface area contributed by atoms with Crippen LogP contribution in [0, 0.1) is 0 Å². The van der Waals surface area contributed by atoms with Gasteiger partial charge in [-0.05, 0) is 42.5 Å². The summed E-state index contributed by atoms with van der Waals surface area (Å²) in [4.78, 5) is 26.8. The van der Waals surface area contributed by atoms with Crippen molar-refractivity contribution in [3.8, 4) is 22.7 Å². The quantitative estimate of drug-likeness (QED) is 0.370. The van der Waals surface area contributed by atoms with E-state index < -0.39 is 5.97 Å². The zero-order valence-corrected chi connectivity index (χ0v) is 19.2. The van der Waals surface area contributed by atoms with E-state index in [9.17, 15) is 9.59 Å². The Hall–Kier alpha value is -4.65. The van der Waals surface area contributed by atoms with Gasteiger partial charge in [0, 0.05) is 34.1 Å².